The second-order valence-electron chi connectivity index (χ2n) is 10.7. The number of hydrogen-bond acceptors (Lipinski definition) is 8. The Balaban J connectivity index is 1.16. The summed E-state index contributed by atoms with van der Waals surface area (Å²) >= 11 is 0. The lowest BCUT2D eigenvalue weighted by molar-refractivity contribution is -0.139. The van der Waals surface area contributed by atoms with Gasteiger partial charge in [0.1, 0.15) is 12.6 Å². The fourth-order valence-corrected chi connectivity index (χ4v) is 6.95. The molecular formula is C34H31N4O7P. The van der Waals surface area contributed by atoms with Gasteiger partial charge in [-0.3, -0.25) is 13.6 Å². The summed E-state index contributed by atoms with van der Waals surface area (Å²) in [5.41, 5.74) is 5.65. The van der Waals surface area contributed by atoms with E-state index >= 15 is 0 Å². The van der Waals surface area contributed by atoms with E-state index in [1.807, 2.05) is 109 Å². The van der Waals surface area contributed by atoms with Crippen LogP contribution in [0, 0.1) is 0 Å². The zero-order valence-electron chi connectivity index (χ0n) is 24.6. The number of fused-ring (bicyclic) bond motifs is 3. The van der Waals surface area contributed by atoms with Gasteiger partial charge < -0.3 is 15.2 Å². The van der Waals surface area contributed by atoms with E-state index in [4.69, 9.17) is 13.8 Å². The first-order valence-corrected chi connectivity index (χ1v) is 16.2. The number of carbonyl (C=O) groups excluding carboxylic acids is 1. The van der Waals surface area contributed by atoms with Crippen LogP contribution in [0.5, 0.6) is 0 Å². The first-order chi connectivity index (χ1) is 22.4. The summed E-state index contributed by atoms with van der Waals surface area (Å²) in [6.07, 6.45) is 0.294. The van der Waals surface area contributed by atoms with Crippen molar-refractivity contribution >= 4 is 25.1 Å². The van der Waals surface area contributed by atoms with Gasteiger partial charge in [0.2, 0.25) is 0 Å². The maximum atomic E-state index is 14.3. The van der Waals surface area contributed by atoms with Crippen molar-refractivity contribution in [2.45, 2.75) is 31.7 Å². The molecule has 0 radical (unpaired) electrons. The van der Waals surface area contributed by atoms with Gasteiger partial charge in [-0.15, -0.1) is 5.10 Å². The van der Waals surface area contributed by atoms with Crippen molar-refractivity contribution in [3.05, 3.63) is 138 Å². The van der Waals surface area contributed by atoms with Gasteiger partial charge in [0.05, 0.1) is 26.0 Å². The Morgan fingerprint density at radius 2 is 1.33 bits per heavy atom. The predicted octanol–water partition coefficient (Wildman–Crippen LogP) is 5.52. The minimum absolute atomic E-state index is 0.0105. The van der Waals surface area contributed by atoms with Gasteiger partial charge in [0.25, 0.3) is 0 Å². The van der Waals surface area contributed by atoms with E-state index in [0.717, 1.165) is 38.1 Å². The van der Waals surface area contributed by atoms with Crippen LogP contribution in [0.4, 0.5) is 4.79 Å². The highest BCUT2D eigenvalue weighted by Gasteiger charge is 2.35. The Hall–Kier alpha value is -5.09. The predicted molar refractivity (Wildman–Crippen MR) is 169 cm³/mol. The monoisotopic (exact) mass is 638 g/mol. The number of rotatable bonds is 13. The minimum Gasteiger partial charge on any atom is -0.480 e. The highest BCUT2D eigenvalue weighted by atomic mass is 31.2. The summed E-state index contributed by atoms with van der Waals surface area (Å²) in [5, 5.41) is 20.2. The summed E-state index contributed by atoms with van der Waals surface area (Å²) in [5.74, 6) is -1.54. The van der Waals surface area contributed by atoms with Crippen LogP contribution in [0.3, 0.4) is 0 Å². The van der Waals surface area contributed by atoms with Gasteiger partial charge in [0.15, 0.2) is 5.44 Å². The molecule has 0 saturated carbocycles. The molecule has 0 unspecified atom stereocenters. The van der Waals surface area contributed by atoms with Crippen molar-refractivity contribution in [1.29, 1.82) is 0 Å². The van der Waals surface area contributed by atoms with Gasteiger partial charge in [-0.2, -0.15) is 0 Å². The average molecular weight is 639 g/mol. The van der Waals surface area contributed by atoms with Crippen LogP contribution in [0.1, 0.15) is 28.2 Å². The molecule has 5 aromatic rings. The van der Waals surface area contributed by atoms with Crippen LogP contribution >= 0.6 is 7.60 Å². The van der Waals surface area contributed by atoms with Gasteiger partial charge in [0, 0.05) is 5.92 Å². The van der Waals surface area contributed by atoms with Crippen molar-refractivity contribution in [1.82, 2.24) is 20.3 Å². The molecule has 1 aliphatic rings. The molecule has 1 atom stereocenters. The number of carboxylic acid groups (broad SMARTS) is 1. The van der Waals surface area contributed by atoms with Crippen LogP contribution < -0.4 is 10.8 Å². The highest BCUT2D eigenvalue weighted by Crippen LogP contribution is 2.48. The SMILES string of the molecule is O=C(N[C@@H](Cn1nncc1P(=O)(OCc1ccccc1)OCc1ccccc1)C(=O)O)OCC1c2ccccc2-c2ccccc21. The number of benzene rings is 4. The number of carbonyl (C=O) groups is 2. The summed E-state index contributed by atoms with van der Waals surface area (Å²) < 4.78 is 32.7. The van der Waals surface area contributed by atoms with E-state index < -0.39 is 32.2 Å². The van der Waals surface area contributed by atoms with Gasteiger partial charge in [-0.1, -0.05) is 114 Å². The van der Waals surface area contributed by atoms with Crippen molar-refractivity contribution in [3.63, 3.8) is 0 Å². The lowest BCUT2D eigenvalue weighted by atomic mass is 9.98. The van der Waals surface area contributed by atoms with Crippen molar-refractivity contribution in [2.75, 3.05) is 6.61 Å². The van der Waals surface area contributed by atoms with E-state index in [1.54, 1.807) is 0 Å². The quantitative estimate of drug-likeness (QED) is 0.159. The molecule has 12 heteroatoms. The van der Waals surface area contributed by atoms with Crippen LogP contribution in [-0.2, 0) is 42.9 Å². The summed E-state index contributed by atoms with van der Waals surface area (Å²) in [6, 6.07) is 32.6. The molecule has 1 aliphatic carbocycles. The third-order valence-corrected chi connectivity index (χ3v) is 9.50. The molecule has 234 valence electrons. The molecule has 1 aromatic heterocycles. The molecule has 46 heavy (non-hydrogen) atoms. The summed E-state index contributed by atoms with van der Waals surface area (Å²) in [7, 11) is -4.10. The number of hydrogen-bond donors (Lipinski definition) is 2. The molecule has 11 nitrogen and oxygen atoms in total. The number of ether oxygens (including phenoxy) is 1. The number of nitrogens with zero attached hydrogens (tertiary/aromatic N) is 3. The molecule has 6 rings (SSSR count). The smallest absolute Gasteiger partial charge is 0.407 e. The van der Waals surface area contributed by atoms with E-state index in [9.17, 15) is 19.3 Å². The van der Waals surface area contributed by atoms with E-state index in [2.05, 4.69) is 15.6 Å². The number of aromatic nitrogens is 3. The summed E-state index contributed by atoms with van der Waals surface area (Å²) in [6.45, 7) is -0.490. The van der Waals surface area contributed by atoms with E-state index in [1.165, 1.54) is 6.20 Å². The molecule has 2 N–H and O–H groups in total. The van der Waals surface area contributed by atoms with Crippen LogP contribution in [0.25, 0.3) is 11.1 Å². The Bertz CT molecular complexity index is 1770. The molecule has 4 aromatic carbocycles. The fraction of sp³-hybridized carbons (Fsp3) is 0.176. The molecule has 0 fully saturated rings. The minimum atomic E-state index is -4.10. The second kappa shape index (κ2) is 13.9. The Morgan fingerprint density at radius 3 is 1.87 bits per heavy atom. The van der Waals surface area contributed by atoms with Gasteiger partial charge in [-0.05, 0) is 33.4 Å². The molecule has 0 bridgehead atoms. The maximum absolute atomic E-state index is 14.3. The topological polar surface area (TPSA) is 142 Å². The number of aliphatic carboxylic acids is 1. The molecule has 1 heterocycles. The zero-order valence-corrected chi connectivity index (χ0v) is 25.5. The molecular weight excluding hydrogens is 607 g/mol. The zero-order chi connectivity index (χ0) is 31.9. The Morgan fingerprint density at radius 1 is 0.804 bits per heavy atom. The Kier molecular flexibility index (Phi) is 9.35. The van der Waals surface area contributed by atoms with Crippen molar-refractivity contribution in [2.24, 2.45) is 0 Å². The summed E-state index contributed by atoms with van der Waals surface area (Å²) in [4.78, 5) is 25.2. The first-order valence-electron chi connectivity index (χ1n) is 14.6. The van der Waals surface area contributed by atoms with Crippen molar-refractivity contribution in [3.8, 4) is 11.1 Å². The third kappa shape index (κ3) is 6.92. The normalized spacial score (nSPS) is 13.0. The van der Waals surface area contributed by atoms with Gasteiger partial charge >= 0.3 is 19.7 Å². The maximum Gasteiger partial charge on any atom is 0.407 e. The average Bonchev–Trinajstić information content (AvgIpc) is 3.69. The van der Waals surface area contributed by atoms with E-state index in [-0.39, 0.29) is 31.2 Å². The van der Waals surface area contributed by atoms with Gasteiger partial charge in [-0.25, -0.2) is 14.3 Å². The van der Waals surface area contributed by atoms with E-state index in [0.29, 0.717) is 0 Å². The lowest BCUT2D eigenvalue weighted by Gasteiger charge is -2.21. The Labute approximate surface area is 265 Å². The standard InChI is InChI=1S/C34H31N4O7P/c39-33(40)31(36-34(41)43-23-30-28-17-9-7-15-26(28)27-16-8-10-18-29(27)30)20-38-32(19-35-37-38)46(42,44-21-24-11-3-1-4-12-24)45-22-25-13-5-2-6-14-25/h1-19,30-31H,20-23H2,(H,36,41)(H,39,40)/t31-/m0/s1. The third-order valence-electron chi connectivity index (χ3n) is 7.66. The molecule has 0 aliphatic heterocycles. The number of alkyl carbamates (subject to hydrolysis) is 1. The largest absolute Gasteiger partial charge is 0.480 e. The lowest BCUT2D eigenvalue weighted by Crippen LogP contribution is -2.45. The van der Waals surface area contributed by atoms with Crippen molar-refractivity contribution < 1.29 is 33.0 Å². The van der Waals surface area contributed by atoms with Crippen LogP contribution in [0.2, 0.25) is 0 Å². The highest BCUT2D eigenvalue weighted by molar-refractivity contribution is 7.61. The first kappa shape index (κ1) is 30.9. The second-order valence-corrected chi connectivity index (χ2v) is 12.6. The molecule has 0 spiro atoms. The number of carboxylic acids is 1. The molecule has 0 saturated heterocycles. The fourth-order valence-electron chi connectivity index (χ4n) is 5.37. The molecule has 1 amide bonds. The van der Waals surface area contributed by atoms with Crippen LogP contribution in [0.15, 0.2) is 115 Å². The number of amides is 1. The van der Waals surface area contributed by atoms with Crippen LogP contribution in [-0.4, -0.2) is 44.8 Å². The number of nitrogens with one attached hydrogen (secondary N) is 1.